The molecule has 34 heavy (non-hydrogen) atoms. The zero-order valence-corrected chi connectivity index (χ0v) is 20.2. The van der Waals surface area contributed by atoms with Crippen LogP contribution in [-0.4, -0.2) is 34.9 Å². The zero-order chi connectivity index (χ0) is 23.3. The van der Waals surface area contributed by atoms with Crippen LogP contribution < -0.4 is 10.3 Å². The lowest BCUT2D eigenvalue weighted by Gasteiger charge is -2.34. The fourth-order valence-electron chi connectivity index (χ4n) is 4.54. The topological polar surface area (TPSA) is 58.2 Å². The predicted molar refractivity (Wildman–Crippen MR) is 141 cm³/mol. The van der Waals surface area contributed by atoms with Crippen molar-refractivity contribution < 1.29 is 4.74 Å². The number of aromatic amines is 1. The molecule has 0 unspecified atom stereocenters. The van der Waals surface area contributed by atoms with Crippen molar-refractivity contribution in [2.45, 2.75) is 37.4 Å². The maximum Gasteiger partial charge on any atom is 0.189 e. The van der Waals surface area contributed by atoms with Crippen LogP contribution in [0, 0.1) is 0 Å². The number of fused-ring (bicyclic) bond motifs is 1. The van der Waals surface area contributed by atoms with Crippen molar-refractivity contribution in [3.05, 3.63) is 89.0 Å². The smallest absolute Gasteiger partial charge is 0.189 e. The second-order valence-electron chi connectivity index (χ2n) is 8.53. The molecule has 2 aromatic carbocycles. The van der Waals surface area contributed by atoms with Crippen molar-refractivity contribution in [3.8, 4) is 11.1 Å². The fraction of sp³-hybridized carbons (Fsp3) is 0.286. The maximum atomic E-state index is 12.6. The Kier molecular flexibility index (Phi) is 6.97. The van der Waals surface area contributed by atoms with E-state index >= 15 is 0 Å². The summed E-state index contributed by atoms with van der Waals surface area (Å²) in [4.78, 5) is 24.0. The third kappa shape index (κ3) is 5.03. The average molecular weight is 472 g/mol. The van der Waals surface area contributed by atoms with Crippen molar-refractivity contribution in [1.29, 1.82) is 0 Å². The molecule has 4 aromatic rings. The first-order chi connectivity index (χ1) is 16.7. The Balaban J connectivity index is 1.27. The number of piperidine rings is 1. The van der Waals surface area contributed by atoms with Gasteiger partial charge in [0.25, 0.3) is 0 Å². The Morgan fingerprint density at radius 2 is 1.91 bits per heavy atom. The van der Waals surface area contributed by atoms with Gasteiger partial charge in [-0.25, -0.2) is 0 Å². The minimum Gasteiger partial charge on any atom is -0.372 e. The van der Waals surface area contributed by atoms with Gasteiger partial charge in [0.05, 0.1) is 23.9 Å². The molecular weight excluding hydrogens is 442 g/mol. The molecule has 1 N–H and O–H groups in total. The first-order valence-corrected chi connectivity index (χ1v) is 12.9. The van der Waals surface area contributed by atoms with E-state index in [1.807, 2.05) is 24.4 Å². The van der Waals surface area contributed by atoms with Crippen LogP contribution in [0.15, 0.2) is 82.7 Å². The van der Waals surface area contributed by atoms with Gasteiger partial charge in [0.1, 0.15) is 0 Å². The Morgan fingerprint density at radius 3 is 2.74 bits per heavy atom. The number of hydrogen-bond donors (Lipinski definition) is 1. The number of nitrogens with zero attached hydrogens (tertiary/aromatic N) is 2. The second kappa shape index (κ2) is 10.5. The molecule has 0 atom stereocenters. The standard InChI is InChI=1S/C28H29N3O2S/c1-2-34-23-9-10-27(24(17-23)25-18-29-14-11-28(25)32)31-15-12-22(13-16-31)33-19-21-8-7-20-5-3-4-6-26(20)30-21/h3-11,14,17-18,22H,2,12-13,15-16,19H2,1H3,(H,29,32). The number of H-pyrrole nitrogens is 1. The van der Waals surface area contributed by atoms with Crippen LogP contribution in [0.2, 0.25) is 0 Å². The van der Waals surface area contributed by atoms with E-state index in [2.05, 4.69) is 53.2 Å². The Labute approximate surface area is 204 Å². The van der Waals surface area contributed by atoms with Gasteiger partial charge in [0.15, 0.2) is 5.43 Å². The van der Waals surface area contributed by atoms with Gasteiger partial charge in [-0.15, -0.1) is 11.8 Å². The minimum absolute atomic E-state index is 0.0414. The summed E-state index contributed by atoms with van der Waals surface area (Å²) in [6, 6.07) is 20.4. The van der Waals surface area contributed by atoms with Crippen LogP contribution >= 0.6 is 11.8 Å². The van der Waals surface area contributed by atoms with Crippen LogP contribution in [0.4, 0.5) is 5.69 Å². The van der Waals surface area contributed by atoms with E-state index < -0.39 is 0 Å². The average Bonchev–Trinajstić information content (AvgIpc) is 2.88. The molecule has 174 valence electrons. The molecule has 1 aliphatic heterocycles. The normalized spacial score (nSPS) is 14.6. The number of para-hydroxylation sites is 1. The molecule has 5 rings (SSSR count). The molecule has 6 heteroatoms. The SMILES string of the molecule is CCSc1ccc(N2CCC(OCc3ccc4ccccc4n3)CC2)c(-c2c[nH]ccc2=O)c1. The van der Waals surface area contributed by atoms with Gasteiger partial charge >= 0.3 is 0 Å². The molecular formula is C28H29N3O2S. The number of pyridine rings is 2. The second-order valence-corrected chi connectivity index (χ2v) is 9.86. The number of thioether (sulfide) groups is 1. The first kappa shape index (κ1) is 22.7. The van der Waals surface area contributed by atoms with Gasteiger partial charge in [-0.05, 0) is 48.9 Å². The lowest BCUT2D eigenvalue weighted by molar-refractivity contribution is 0.0236. The molecule has 0 saturated carbocycles. The molecule has 1 saturated heterocycles. The summed E-state index contributed by atoms with van der Waals surface area (Å²) in [5.74, 6) is 0.999. The molecule has 0 bridgehead atoms. The van der Waals surface area contributed by atoms with Gasteiger partial charge < -0.3 is 14.6 Å². The van der Waals surface area contributed by atoms with Crippen LogP contribution in [0.3, 0.4) is 0 Å². The summed E-state index contributed by atoms with van der Waals surface area (Å²) >= 11 is 1.79. The van der Waals surface area contributed by atoms with Gasteiger partial charge in [0, 0.05) is 58.6 Å². The Bertz CT molecular complexity index is 1330. The highest BCUT2D eigenvalue weighted by Crippen LogP contribution is 2.35. The van der Waals surface area contributed by atoms with E-state index in [0.717, 1.165) is 65.1 Å². The highest BCUT2D eigenvalue weighted by atomic mass is 32.2. The lowest BCUT2D eigenvalue weighted by Crippen LogP contribution is -2.37. The van der Waals surface area contributed by atoms with Crippen LogP contribution in [0.25, 0.3) is 22.0 Å². The largest absolute Gasteiger partial charge is 0.372 e. The van der Waals surface area contributed by atoms with E-state index in [-0.39, 0.29) is 11.5 Å². The number of aromatic nitrogens is 2. The number of benzene rings is 2. The molecule has 5 nitrogen and oxygen atoms in total. The number of rotatable bonds is 7. The van der Waals surface area contributed by atoms with Crippen molar-refractivity contribution in [3.63, 3.8) is 0 Å². The summed E-state index contributed by atoms with van der Waals surface area (Å²) in [6.07, 6.45) is 5.60. The van der Waals surface area contributed by atoms with Gasteiger partial charge in [-0.2, -0.15) is 0 Å². The highest BCUT2D eigenvalue weighted by Gasteiger charge is 2.23. The molecule has 0 aliphatic carbocycles. The number of hydrogen-bond acceptors (Lipinski definition) is 5. The van der Waals surface area contributed by atoms with Crippen molar-refractivity contribution >= 4 is 28.4 Å². The molecule has 0 amide bonds. The third-order valence-electron chi connectivity index (χ3n) is 6.30. The van der Waals surface area contributed by atoms with E-state index in [9.17, 15) is 4.79 Å². The summed E-state index contributed by atoms with van der Waals surface area (Å²) in [6.45, 7) is 4.47. The van der Waals surface area contributed by atoms with Crippen LogP contribution in [0.1, 0.15) is 25.5 Å². The van der Waals surface area contributed by atoms with Gasteiger partial charge in [-0.1, -0.05) is 31.2 Å². The molecule has 1 aliphatic rings. The Hall–Kier alpha value is -3.09. The number of anilines is 1. The van der Waals surface area contributed by atoms with E-state index in [1.165, 1.54) is 4.90 Å². The summed E-state index contributed by atoms with van der Waals surface area (Å²) < 4.78 is 6.24. The van der Waals surface area contributed by atoms with Crippen LogP contribution in [0.5, 0.6) is 0 Å². The maximum absolute atomic E-state index is 12.6. The first-order valence-electron chi connectivity index (χ1n) is 11.9. The van der Waals surface area contributed by atoms with Gasteiger partial charge in [0.2, 0.25) is 0 Å². The minimum atomic E-state index is 0.0414. The zero-order valence-electron chi connectivity index (χ0n) is 19.4. The number of nitrogens with one attached hydrogen (secondary N) is 1. The summed E-state index contributed by atoms with van der Waals surface area (Å²) in [7, 11) is 0. The van der Waals surface area contributed by atoms with Crippen LogP contribution in [-0.2, 0) is 11.3 Å². The highest BCUT2D eigenvalue weighted by molar-refractivity contribution is 7.99. The van der Waals surface area contributed by atoms with E-state index in [0.29, 0.717) is 6.61 Å². The van der Waals surface area contributed by atoms with E-state index in [4.69, 9.17) is 9.72 Å². The van der Waals surface area contributed by atoms with E-state index in [1.54, 1.807) is 24.0 Å². The van der Waals surface area contributed by atoms with Crippen molar-refractivity contribution in [2.75, 3.05) is 23.7 Å². The molecule has 2 aromatic heterocycles. The molecule has 0 radical (unpaired) electrons. The number of ether oxygens (including phenoxy) is 1. The summed E-state index contributed by atoms with van der Waals surface area (Å²) in [5.41, 5.74) is 4.85. The fourth-order valence-corrected chi connectivity index (χ4v) is 5.24. The molecule has 0 spiro atoms. The Morgan fingerprint density at radius 1 is 1.06 bits per heavy atom. The third-order valence-corrected chi connectivity index (χ3v) is 7.17. The van der Waals surface area contributed by atoms with Crippen molar-refractivity contribution in [1.82, 2.24) is 9.97 Å². The van der Waals surface area contributed by atoms with Gasteiger partial charge in [-0.3, -0.25) is 9.78 Å². The quantitative estimate of drug-likeness (QED) is 0.341. The molecule has 3 heterocycles. The molecule has 1 fully saturated rings. The van der Waals surface area contributed by atoms with Crippen molar-refractivity contribution in [2.24, 2.45) is 0 Å². The predicted octanol–water partition coefficient (Wildman–Crippen LogP) is 5.89. The monoisotopic (exact) mass is 471 g/mol. The summed E-state index contributed by atoms with van der Waals surface area (Å²) in [5, 5.41) is 1.15. The lowest BCUT2D eigenvalue weighted by atomic mass is 10.0.